The molecule has 26 heavy (non-hydrogen) atoms. The number of esters is 1. The lowest BCUT2D eigenvalue weighted by atomic mass is 9.91. The van der Waals surface area contributed by atoms with Crippen molar-refractivity contribution in [3.05, 3.63) is 35.9 Å². The number of likely N-dealkylation sites (tertiary alicyclic amines) is 1. The minimum atomic E-state index is -0.497. The molecule has 5 nitrogen and oxygen atoms in total. The molecule has 1 aliphatic heterocycles. The van der Waals surface area contributed by atoms with Crippen LogP contribution < -0.4 is 0 Å². The predicted molar refractivity (Wildman–Crippen MR) is 101 cm³/mol. The maximum atomic E-state index is 13.0. The molecule has 3 rings (SSSR count). The van der Waals surface area contributed by atoms with Crippen LogP contribution in [-0.2, 0) is 20.9 Å². The zero-order valence-electron chi connectivity index (χ0n) is 16.3. The van der Waals surface area contributed by atoms with Gasteiger partial charge in [0.25, 0.3) is 6.47 Å². The number of hydrogen-bond donors (Lipinski definition) is 1. The first kappa shape index (κ1) is 20.4. The lowest BCUT2D eigenvalue weighted by molar-refractivity contribution is -0.161. The maximum absolute atomic E-state index is 13.0. The van der Waals surface area contributed by atoms with Gasteiger partial charge < -0.3 is 9.84 Å². The molecule has 0 bridgehead atoms. The van der Waals surface area contributed by atoms with Crippen LogP contribution in [0.25, 0.3) is 0 Å². The van der Waals surface area contributed by atoms with Crippen molar-refractivity contribution >= 4 is 12.4 Å². The summed E-state index contributed by atoms with van der Waals surface area (Å²) in [6.07, 6.45) is 4.68. The largest absolute Gasteiger partial charge is 0.483 e. The van der Waals surface area contributed by atoms with Crippen molar-refractivity contribution in [3.63, 3.8) is 0 Å². The van der Waals surface area contributed by atoms with Crippen LogP contribution in [0, 0.1) is 5.92 Å². The van der Waals surface area contributed by atoms with Crippen LogP contribution in [0.4, 0.5) is 0 Å². The SMILES string of the molecule is CC(C)(C)N1[C@H]2CCC[C@H]2CC1(C)C(=O)OCc1ccccc1.O=CO. The van der Waals surface area contributed by atoms with Gasteiger partial charge in [0, 0.05) is 11.6 Å². The van der Waals surface area contributed by atoms with Crippen molar-refractivity contribution in [1.29, 1.82) is 0 Å². The zero-order valence-corrected chi connectivity index (χ0v) is 16.3. The predicted octanol–water partition coefficient (Wildman–Crippen LogP) is 3.86. The van der Waals surface area contributed by atoms with Crippen molar-refractivity contribution in [2.75, 3.05) is 0 Å². The average molecular weight is 361 g/mol. The van der Waals surface area contributed by atoms with E-state index in [1.165, 1.54) is 19.3 Å². The van der Waals surface area contributed by atoms with E-state index in [0.29, 0.717) is 18.6 Å². The summed E-state index contributed by atoms with van der Waals surface area (Å²) in [4.78, 5) is 23.8. The quantitative estimate of drug-likeness (QED) is 0.654. The minimum absolute atomic E-state index is 0.0235. The summed E-state index contributed by atoms with van der Waals surface area (Å²) in [6.45, 7) is 8.86. The monoisotopic (exact) mass is 361 g/mol. The fourth-order valence-corrected chi connectivity index (χ4v) is 4.87. The van der Waals surface area contributed by atoms with Gasteiger partial charge in [-0.3, -0.25) is 14.5 Å². The molecule has 1 aliphatic carbocycles. The zero-order chi connectivity index (χ0) is 19.4. The van der Waals surface area contributed by atoms with E-state index in [0.717, 1.165) is 12.0 Å². The van der Waals surface area contributed by atoms with Gasteiger partial charge >= 0.3 is 5.97 Å². The van der Waals surface area contributed by atoms with E-state index in [9.17, 15) is 4.79 Å². The first-order valence-electron chi connectivity index (χ1n) is 9.32. The van der Waals surface area contributed by atoms with Crippen LogP contribution >= 0.6 is 0 Å². The Morgan fingerprint density at radius 2 is 1.92 bits per heavy atom. The number of carbonyl (C=O) groups is 2. The molecule has 3 atom stereocenters. The molecule has 0 aromatic heterocycles. The molecule has 2 fully saturated rings. The van der Waals surface area contributed by atoms with Crippen molar-refractivity contribution in [1.82, 2.24) is 4.90 Å². The topological polar surface area (TPSA) is 66.8 Å². The number of carboxylic acid groups (broad SMARTS) is 1. The summed E-state index contributed by atoms with van der Waals surface area (Å²) < 4.78 is 5.73. The number of rotatable bonds is 3. The maximum Gasteiger partial charge on any atom is 0.326 e. The second-order valence-corrected chi connectivity index (χ2v) is 8.44. The van der Waals surface area contributed by atoms with E-state index in [-0.39, 0.29) is 18.0 Å². The molecule has 1 saturated heterocycles. The van der Waals surface area contributed by atoms with Crippen molar-refractivity contribution in [3.8, 4) is 0 Å². The standard InChI is InChI=1S/C20H29NO2.CH2O2/c1-19(2,3)21-17-12-8-11-16(17)13-20(21,4)18(22)23-14-15-9-6-5-7-10-15;2-1-3/h5-7,9-10,16-17H,8,11-14H2,1-4H3;1H,(H,2,3)/t16-,17-,20?;/m0./s1. The molecular weight excluding hydrogens is 330 g/mol. The third kappa shape index (κ3) is 4.26. The van der Waals surface area contributed by atoms with Gasteiger partial charge in [-0.05, 0) is 58.4 Å². The van der Waals surface area contributed by atoms with Gasteiger partial charge in [-0.2, -0.15) is 0 Å². The van der Waals surface area contributed by atoms with E-state index < -0.39 is 5.54 Å². The highest BCUT2D eigenvalue weighted by molar-refractivity contribution is 5.81. The number of ether oxygens (including phenoxy) is 1. The first-order chi connectivity index (χ1) is 12.2. The molecule has 1 N–H and O–H groups in total. The van der Waals surface area contributed by atoms with Gasteiger partial charge in [0.05, 0.1) is 0 Å². The van der Waals surface area contributed by atoms with Gasteiger partial charge in [0.1, 0.15) is 12.1 Å². The molecular formula is C21H31NO4. The minimum Gasteiger partial charge on any atom is -0.483 e. The van der Waals surface area contributed by atoms with Gasteiger partial charge in [-0.1, -0.05) is 36.8 Å². The summed E-state index contributed by atoms with van der Waals surface area (Å²) in [7, 11) is 0. The number of carbonyl (C=O) groups excluding carboxylic acids is 1. The van der Waals surface area contributed by atoms with Crippen LogP contribution in [0.3, 0.4) is 0 Å². The summed E-state index contributed by atoms with van der Waals surface area (Å²) >= 11 is 0. The highest BCUT2D eigenvalue weighted by Crippen LogP contribution is 2.50. The summed E-state index contributed by atoms with van der Waals surface area (Å²) in [5.41, 5.74) is 0.525. The first-order valence-corrected chi connectivity index (χ1v) is 9.32. The average Bonchev–Trinajstić information content (AvgIpc) is 3.11. The third-order valence-corrected chi connectivity index (χ3v) is 5.52. The molecule has 5 heteroatoms. The number of hydrogen-bond acceptors (Lipinski definition) is 4. The Kier molecular flexibility index (Phi) is 6.45. The van der Waals surface area contributed by atoms with E-state index in [2.05, 4.69) is 32.6 Å². The van der Waals surface area contributed by atoms with E-state index in [1.807, 2.05) is 30.3 Å². The van der Waals surface area contributed by atoms with Gasteiger partial charge in [-0.15, -0.1) is 0 Å². The van der Waals surface area contributed by atoms with E-state index in [1.54, 1.807) is 0 Å². The number of benzene rings is 1. The van der Waals surface area contributed by atoms with Crippen molar-refractivity contribution in [2.45, 2.75) is 77.1 Å². The van der Waals surface area contributed by atoms with Crippen molar-refractivity contribution in [2.24, 2.45) is 5.92 Å². The molecule has 0 amide bonds. The number of fused-ring (bicyclic) bond motifs is 1. The third-order valence-electron chi connectivity index (χ3n) is 5.52. The molecule has 1 heterocycles. The Bertz CT molecular complexity index is 610. The summed E-state index contributed by atoms with van der Waals surface area (Å²) in [5.74, 6) is 0.578. The Morgan fingerprint density at radius 3 is 2.50 bits per heavy atom. The molecule has 1 aromatic rings. The molecule has 1 saturated carbocycles. The lowest BCUT2D eigenvalue weighted by Gasteiger charge is -2.45. The normalized spacial score (nSPS) is 28.0. The molecule has 1 unspecified atom stereocenters. The van der Waals surface area contributed by atoms with Gasteiger partial charge in [0.2, 0.25) is 0 Å². The highest BCUT2D eigenvalue weighted by Gasteiger charge is 2.58. The van der Waals surface area contributed by atoms with Crippen LogP contribution in [0.2, 0.25) is 0 Å². The highest BCUT2D eigenvalue weighted by atomic mass is 16.5. The second-order valence-electron chi connectivity index (χ2n) is 8.44. The van der Waals surface area contributed by atoms with Crippen LogP contribution in [-0.4, -0.2) is 39.6 Å². The second kappa shape index (κ2) is 8.21. The Morgan fingerprint density at radius 1 is 1.31 bits per heavy atom. The Hall–Kier alpha value is -1.88. The Labute approximate surface area is 156 Å². The molecule has 144 valence electrons. The fourth-order valence-electron chi connectivity index (χ4n) is 4.87. The van der Waals surface area contributed by atoms with Crippen molar-refractivity contribution < 1.29 is 19.4 Å². The Balaban J connectivity index is 0.000000758. The summed E-state index contributed by atoms with van der Waals surface area (Å²) in [6, 6.07) is 10.5. The lowest BCUT2D eigenvalue weighted by Crippen LogP contribution is -2.59. The van der Waals surface area contributed by atoms with Crippen LogP contribution in [0.5, 0.6) is 0 Å². The smallest absolute Gasteiger partial charge is 0.326 e. The molecule has 1 aromatic carbocycles. The van der Waals surface area contributed by atoms with E-state index >= 15 is 0 Å². The molecule has 0 spiro atoms. The molecule has 0 radical (unpaired) electrons. The van der Waals surface area contributed by atoms with Gasteiger partial charge in [0.15, 0.2) is 0 Å². The van der Waals surface area contributed by atoms with Crippen LogP contribution in [0.15, 0.2) is 30.3 Å². The van der Waals surface area contributed by atoms with Gasteiger partial charge in [-0.25, -0.2) is 0 Å². The number of nitrogens with zero attached hydrogens (tertiary/aromatic N) is 1. The molecule has 2 aliphatic rings. The van der Waals surface area contributed by atoms with Crippen LogP contribution in [0.1, 0.15) is 58.9 Å². The summed E-state index contributed by atoms with van der Waals surface area (Å²) in [5, 5.41) is 6.89. The fraction of sp³-hybridized carbons (Fsp3) is 0.619. The van der Waals surface area contributed by atoms with E-state index in [4.69, 9.17) is 14.6 Å².